The van der Waals surface area contributed by atoms with E-state index in [1.165, 1.54) is 32.2 Å². The van der Waals surface area contributed by atoms with E-state index in [0.717, 1.165) is 0 Å². The van der Waals surface area contributed by atoms with E-state index in [2.05, 4.69) is 4.72 Å². The zero-order valence-electron chi connectivity index (χ0n) is 11.2. The fourth-order valence-electron chi connectivity index (χ4n) is 1.55. The van der Waals surface area contributed by atoms with Crippen LogP contribution in [0.1, 0.15) is 12.5 Å². The zero-order chi connectivity index (χ0) is 15.3. The summed E-state index contributed by atoms with van der Waals surface area (Å²) < 4.78 is 31.3. The molecule has 1 rings (SSSR count). The summed E-state index contributed by atoms with van der Waals surface area (Å²) in [6.07, 6.45) is -1.28. The van der Waals surface area contributed by atoms with E-state index in [-0.39, 0.29) is 17.0 Å². The molecule has 0 amide bonds. The van der Waals surface area contributed by atoms with E-state index >= 15 is 0 Å². The summed E-state index contributed by atoms with van der Waals surface area (Å²) in [5, 5.41) is 18.0. The van der Waals surface area contributed by atoms with Gasteiger partial charge in [0, 0.05) is 6.54 Å². The molecule has 8 heteroatoms. The molecule has 0 heterocycles. The summed E-state index contributed by atoms with van der Waals surface area (Å²) in [6, 6.07) is 4.08. The predicted molar refractivity (Wildman–Crippen MR) is 71.2 cm³/mol. The van der Waals surface area contributed by atoms with E-state index in [1.807, 2.05) is 0 Å². The lowest BCUT2D eigenvalue weighted by Crippen LogP contribution is -2.31. The van der Waals surface area contributed by atoms with E-state index in [1.54, 1.807) is 0 Å². The van der Waals surface area contributed by atoms with Crippen LogP contribution in [-0.2, 0) is 21.2 Å². The molecule has 7 nitrogen and oxygen atoms in total. The number of aliphatic hydroxyl groups excluding tert-OH is 1. The number of carboxylic acids is 1. The van der Waals surface area contributed by atoms with Crippen molar-refractivity contribution in [2.24, 2.45) is 0 Å². The molecule has 0 aromatic heterocycles. The minimum Gasteiger partial charge on any atom is -0.497 e. The third-order valence-corrected chi connectivity index (χ3v) is 3.99. The Hall–Kier alpha value is -1.64. The monoisotopic (exact) mass is 303 g/mol. The Morgan fingerprint density at radius 1 is 1.45 bits per heavy atom. The van der Waals surface area contributed by atoms with Crippen LogP contribution >= 0.6 is 0 Å². The van der Waals surface area contributed by atoms with Crippen molar-refractivity contribution in [3.8, 4) is 5.75 Å². The molecule has 0 aliphatic heterocycles. The van der Waals surface area contributed by atoms with Crippen molar-refractivity contribution in [3.63, 3.8) is 0 Å². The lowest BCUT2D eigenvalue weighted by molar-refractivity contribution is -0.136. The Bertz CT molecular complexity index is 582. The van der Waals surface area contributed by atoms with Gasteiger partial charge in [-0.2, -0.15) is 0 Å². The molecule has 0 fully saturated rings. The van der Waals surface area contributed by atoms with Gasteiger partial charge in [-0.25, -0.2) is 13.1 Å². The number of nitrogens with one attached hydrogen (secondary N) is 1. The minimum atomic E-state index is -3.89. The summed E-state index contributed by atoms with van der Waals surface area (Å²) in [5.74, 6) is -0.777. The molecule has 1 aromatic carbocycles. The first kappa shape index (κ1) is 16.4. The highest BCUT2D eigenvalue weighted by atomic mass is 32.2. The Morgan fingerprint density at radius 2 is 2.10 bits per heavy atom. The SMILES string of the molecule is COc1ccc(S(=O)(=O)NCC(C)O)c(CC(=O)O)c1. The minimum absolute atomic E-state index is 0.120. The molecule has 0 aliphatic carbocycles. The number of hydrogen-bond donors (Lipinski definition) is 3. The summed E-state index contributed by atoms with van der Waals surface area (Å²) in [7, 11) is -2.48. The van der Waals surface area contributed by atoms with E-state index in [4.69, 9.17) is 14.9 Å². The van der Waals surface area contributed by atoms with Gasteiger partial charge in [0.25, 0.3) is 0 Å². The Kier molecular flexibility index (Phi) is 5.49. The topological polar surface area (TPSA) is 113 Å². The van der Waals surface area contributed by atoms with Gasteiger partial charge < -0.3 is 14.9 Å². The van der Waals surface area contributed by atoms with Crippen molar-refractivity contribution in [3.05, 3.63) is 23.8 Å². The first-order chi connectivity index (χ1) is 9.26. The van der Waals surface area contributed by atoms with Crippen LogP contribution in [0, 0.1) is 0 Å². The highest BCUT2D eigenvalue weighted by Gasteiger charge is 2.20. The summed E-state index contributed by atoms with van der Waals surface area (Å²) in [5.41, 5.74) is 0.120. The van der Waals surface area contributed by atoms with Crippen molar-refractivity contribution in [2.45, 2.75) is 24.3 Å². The molecular weight excluding hydrogens is 286 g/mol. The van der Waals surface area contributed by atoms with Crippen LogP contribution in [0.2, 0.25) is 0 Å². The average molecular weight is 303 g/mol. The number of aliphatic hydroxyl groups is 1. The second-order valence-electron chi connectivity index (χ2n) is 4.25. The summed E-state index contributed by atoms with van der Waals surface area (Å²) in [4.78, 5) is 10.7. The number of sulfonamides is 1. The molecule has 0 spiro atoms. The molecular formula is C12H17NO6S. The number of hydrogen-bond acceptors (Lipinski definition) is 5. The first-order valence-electron chi connectivity index (χ1n) is 5.82. The maximum atomic E-state index is 12.1. The maximum absolute atomic E-state index is 12.1. The third-order valence-electron chi connectivity index (χ3n) is 2.47. The van der Waals surface area contributed by atoms with Crippen molar-refractivity contribution in [1.82, 2.24) is 4.72 Å². The fourth-order valence-corrected chi connectivity index (χ4v) is 2.89. The predicted octanol–water partition coefficient (Wildman–Crippen LogP) is -0.0186. The van der Waals surface area contributed by atoms with Crippen LogP contribution in [0.25, 0.3) is 0 Å². The van der Waals surface area contributed by atoms with E-state index < -0.39 is 28.5 Å². The fraction of sp³-hybridized carbons (Fsp3) is 0.417. The van der Waals surface area contributed by atoms with Crippen LogP contribution in [0.3, 0.4) is 0 Å². The molecule has 0 saturated heterocycles. The normalized spacial score (nSPS) is 12.9. The highest BCUT2D eigenvalue weighted by Crippen LogP contribution is 2.22. The quantitative estimate of drug-likeness (QED) is 0.652. The first-order valence-corrected chi connectivity index (χ1v) is 7.31. The van der Waals surface area contributed by atoms with Crippen LogP contribution in [-0.4, -0.2) is 44.4 Å². The zero-order valence-corrected chi connectivity index (χ0v) is 12.0. The molecule has 112 valence electrons. The average Bonchev–Trinajstić information content (AvgIpc) is 2.35. The van der Waals surface area contributed by atoms with Crippen LogP contribution in [0.4, 0.5) is 0 Å². The second-order valence-corrected chi connectivity index (χ2v) is 5.98. The number of rotatable bonds is 7. The molecule has 0 aliphatic rings. The third kappa shape index (κ3) is 4.48. The molecule has 0 bridgehead atoms. The number of methoxy groups -OCH3 is 1. The van der Waals surface area contributed by atoms with Gasteiger partial charge in [0.05, 0.1) is 24.5 Å². The van der Waals surface area contributed by atoms with Gasteiger partial charge in [0.1, 0.15) is 5.75 Å². The van der Waals surface area contributed by atoms with Gasteiger partial charge in [0.2, 0.25) is 10.0 Å². The Balaban J connectivity index is 3.18. The lowest BCUT2D eigenvalue weighted by atomic mass is 10.1. The number of carboxylic acid groups (broad SMARTS) is 1. The number of ether oxygens (including phenoxy) is 1. The molecule has 1 unspecified atom stereocenters. The Labute approximate surface area is 117 Å². The van der Waals surface area contributed by atoms with Crippen LogP contribution < -0.4 is 9.46 Å². The second kappa shape index (κ2) is 6.69. The van der Waals surface area contributed by atoms with Crippen molar-refractivity contribution < 1.29 is 28.2 Å². The van der Waals surface area contributed by atoms with Gasteiger partial charge in [0.15, 0.2) is 0 Å². The standard InChI is InChI=1S/C12H17NO6S/c1-8(14)7-13-20(17,18)11-4-3-10(19-2)5-9(11)6-12(15)16/h3-5,8,13-14H,6-7H2,1-2H3,(H,15,16). The number of carbonyl (C=O) groups is 1. The van der Waals surface area contributed by atoms with Gasteiger partial charge in [-0.3, -0.25) is 4.79 Å². The number of benzene rings is 1. The van der Waals surface area contributed by atoms with Gasteiger partial charge >= 0.3 is 5.97 Å². The summed E-state index contributed by atoms with van der Waals surface area (Å²) in [6.45, 7) is 1.29. The number of aliphatic carboxylic acids is 1. The van der Waals surface area contributed by atoms with Crippen LogP contribution in [0.5, 0.6) is 5.75 Å². The molecule has 3 N–H and O–H groups in total. The van der Waals surface area contributed by atoms with E-state index in [9.17, 15) is 13.2 Å². The highest BCUT2D eigenvalue weighted by molar-refractivity contribution is 7.89. The molecule has 1 atom stereocenters. The van der Waals surface area contributed by atoms with Crippen molar-refractivity contribution in [2.75, 3.05) is 13.7 Å². The van der Waals surface area contributed by atoms with E-state index in [0.29, 0.717) is 5.75 Å². The van der Waals surface area contributed by atoms with Gasteiger partial charge in [-0.15, -0.1) is 0 Å². The van der Waals surface area contributed by atoms with Gasteiger partial charge in [-0.1, -0.05) is 0 Å². The molecule has 0 radical (unpaired) electrons. The van der Waals surface area contributed by atoms with Gasteiger partial charge in [-0.05, 0) is 30.7 Å². The van der Waals surface area contributed by atoms with Crippen molar-refractivity contribution >= 4 is 16.0 Å². The molecule has 1 aromatic rings. The molecule has 20 heavy (non-hydrogen) atoms. The van der Waals surface area contributed by atoms with Crippen molar-refractivity contribution in [1.29, 1.82) is 0 Å². The summed E-state index contributed by atoms with van der Waals surface area (Å²) >= 11 is 0. The maximum Gasteiger partial charge on any atom is 0.307 e. The van der Waals surface area contributed by atoms with Crippen LogP contribution in [0.15, 0.2) is 23.1 Å². The Morgan fingerprint density at radius 3 is 2.60 bits per heavy atom. The largest absolute Gasteiger partial charge is 0.497 e. The lowest BCUT2D eigenvalue weighted by Gasteiger charge is -2.12. The smallest absolute Gasteiger partial charge is 0.307 e. The molecule has 0 saturated carbocycles.